The number of hydrogen-bond donors (Lipinski definition) is 1. The Morgan fingerprint density at radius 3 is 2.75 bits per heavy atom. The van der Waals surface area contributed by atoms with Crippen molar-refractivity contribution in [2.75, 3.05) is 17.9 Å². The van der Waals surface area contributed by atoms with Gasteiger partial charge in [0.25, 0.3) is 0 Å². The van der Waals surface area contributed by atoms with Gasteiger partial charge in [-0.1, -0.05) is 29.4 Å². The average Bonchev–Trinajstić information content (AvgIpc) is 3.17. The molecular formula is C20H16ClN3O3S. The van der Waals surface area contributed by atoms with Crippen molar-refractivity contribution in [3.8, 4) is 22.8 Å². The molecule has 0 fully saturated rings. The van der Waals surface area contributed by atoms with Crippen LogP contribution in [0, 0.1) is 6.92 Å². The molecular weight excluding hydrogens is 398 g/mol. The van der Waals surface area contributed by atoms with E-state index in [2.05, 4.69) is 15.5 Å². The highest BCUT2D eigenvalue weighted by molar-refractivity contribution is 7.99. The van der Waals surface area contributed by atoms with E-state index in [9.17, 15) is 4.79 Å². The summed E-state index contributed by atoms with van der Waals surface area (Å²) in [5, 5.41) is 12.5. The predicted molar refractivity (Wildman–Crippen MR) is 109 cm³/mol. The lowest BCUT2D eigenvalue weighted by molar-refractivity contribution is -0.113. The fourth-order valence-electron chi connectivity index (χ4n) is 2.61. The summed E-state index contributed by atoms with van der Waals surface area (Å²) in [5.74, 6) is 1.52. The third-order valence-corrected chi connectivity index (χ3v) is 5.44. The van der Waals surface area contributed by atoms with Gasteiger partial charge in [-0.05, 0) is 55.0 Å². The van der Waals surface area contributed by atoms with E-state index in [0.717, 1.165) is 22.6 Å². The van der Waals surface area contributed by atoms with Gasteiger partial charge in [0.2, 0.25) is 12.7 Å². The van der Waals surface area contributed by atoms with Crippen molar-refractivity contribution in [2.45, 2.75) is 11.9 Å². The fourth-order valence-corrected chi connectivity index (χ4v) is 3.41. The Kier molecular flexibility index (Phi) is 5.36. The molecule has 1 aromatic heterocycles. The van der Waals surface area contributed by atoms with Gasteiger partial charge in [-0.15, -0.1) is 10.2 Å². The minimum absolute atomic E-state index is 0.133. The summed E-state index contributed by atoms with van der Waals surface area (Å²) in [6.45, 7) is 2.15. The summed E-state index contributed by atoms with van der Waals surface area (Å²) in [7, 11) is 0. The number of thioether (sulfide) groups is 1. The zero-order valence-electron chi connectivity index (χ0n) is 14.9. The minimum Gasteiger partial charge on any atom is -0.454 e. The molecule has 0 bridgehead atoms. The van der Waals surface area contributed by atoms with Crippen molar-refractivity contribution in [1.82, 2.24) is 10.2 Å². The van der Waals surface area contributed by atoms with Gasteiger partial charge in [-0.2, -0.15) is 0 Å². The molecule has 6 nitrogen and oxygen atoms in total. The number of fused-ring (bicyclic) bond motifs is 1. The molecule has 3 aromatic rings. The molecule has 1 aliphatic heterocycles. The fraction of sp³-hybridized carbons (Fsp3) is 0.150. The maximum atomic E-state index is 12.1. The number of ether oxygens (including phenoxy) is 2. The van der Waals surface area contributed by atoms with Crippen molar-refractivity contribution < 1.29 is 14.3 Å². The molecule has 4 rings (SSSR count). The summed E-state index contributed by atoms with van der Waals surface area (Å²) in [6.07, 6.45) is 0. The van der Waals surface area contributed by atoms with Crippen molar-refractivity contribution in [1.29, 1.82) is 0 Å². The number of nitrogens with zero attached hydrogens (tertiary/aromatic N) is 2. The van der Waals surface area contributed by atoms with Gasteiger partial charge in [-0.3, -0.25) is 4.79 Å². The van der Waals surface area contributed by atoms with Crippen LogP contribution in [0.2, 0.25) is 5.02 Å². The molecule has 0 radical (unpaired) electrons. The van der Waals surface area contributed by atoms with Gasteiger partial charge in [0.1, 0.15) is 5.03 Å². The molecule has 0 aliphatic carbocycles. The van der Waals surface area contributed by atoms with Crippen molar-refractivity contribution >= 4 is 35.0 Å². The maximum Gasteiger partial charge on any atom is 0.234 e. The number of nitrogens with one attached hydrogen (secondary N) is 1. The zero-order valence-corrected chi connectivity index (χ0v) is 16.5. The van der Waals surface area contributed by atoms with E-state index in [1.807, 2.05) is 49.4 Å². The van der Waals surface area contributed by atoms with Gasteiger partial charge >= 0.3 is 0 Å². The maximum absolute atomic E-state index is 12.1. The molecule has 28 heavy (non-hydrogen) atoms. The van der Waals surface area contributed by atoms with Crippen LogP contribution in [0.3, 0.4) is 0 Å². The van der Waals surface area contributed by atoms with Gasteiger partial charge in [0, 0.05) is 16.3 Å². The number of carbonyl (C=O) groups excluding carboxylic acids is 1. The summed E-state index contributed by atoms with van der Waals surface area (Å²) >= 11 is 7.39. The zero-order chi connectivity index (χ0) is 19.5. The molecule has 8 heteroatoms. The first-order chi connectivity index (χ1) is 13.6. The molecule has 0 saturated carbocycles. The summed E-state index contributed by atoms with van der Waals surface area (Å²) in [4.78, 5) is 12.1. The number of amides is 1. The summed E-state index contributed by atoms with van der Waals surface area (Å²) < 4.78 is 10.7. The van der Waals surface area contributed by atoms with Gasteiger partial charge in [0.15, 0.2) is 11.5 Å². The second-order valence-corrected chi connectivity index (χ2v) is 7.53. The van der Waals surface area contributed by atoms with E-state index in [4.69, 9.17) is 21.1 Å². The quantitative estimate of drug-likeness (QED) is 0.618. The van der Waals surface area contributed by atoms with Crippen LogP contribution in [-0.2, 0) is 4.79 Å². The highest BCUT2D eigenvalue weighted by Crippen LogP contribution is 2.35. The smallest absolute Gasteiger partial charge is 0.234 e. The monoisotopic (exact) mass is 413 g/mol. The Balaban J connectivity index is 1.35. The van der Waals surface area contributed by atoms with E-state index in [0.29, 0.717) is 21.5 Å². The van der Waals surface area contributed by atoms with Crippen LogP contribution in [0.4, 0.5) is 5.69 Å². The Bertz CT molecular complexity index is 1030. The third kappa shape index (κ3) is 4.21. The number of hydrogen-bond acceptors (Lipinski definition) is 6. The topological polar surface area (TPSA) is 73.3 Å². The van der Waals surface area contributed by atoms with Crippen LogP contribution in [0.1, 0.15) is 5.56 Å². The van der Waals surface area contributed by atoms with Crippen LogP contribution < -0.4 is 14.8 Å². The van der Waals surface area contributed by atoms with Crippen molar-refractivity contribution in [3.05, 3.63) is 59.1 Å². The Morgan fingerprint density at radius 1 is 1.11 bits per heavy atom. The van der Waals surface area contributed by atoms with E-state index in [1.165, 1.54) is 11.8 Å². The van der Waals surface area contributed by atoms with Gasteiger partial charge in [0.05, 0.1) is 11.4 Å². The summed E-state index contributed by atoms with van der Waals surface area (Å²) in [5.41, 5.74) is 3.25. The van der Waals surface area contributed by atoms with Crippen molar-refractivity contribution in [3.63, 3.8) is 0 Å². The summed E-state index contributed by atoms with van der Waals surface area (Å²) in [6, 6.07) is 14.8. The van der Waals surface area contributed by atoms with E-state index >= 15 is 0 Å². The highest BCUT2D eigenvalue weighted by atomic mass is 35.5. The number of anilines is 1. The van der Waals surface area contributed by atoms with Crippen molar-refractivity contribution in [2.24, 2.45) is 0 Å². The second-order valence-electron chi connectivity index (χ2n) is 6.13. The highest BCUT2D eigenvalue weighted by Gasteiger charge is 2.14. The first-order valence-electron chi connectivity index (χ1n) is 8.51. The average molecular weight is 414 g/mol. The molecule has 0 atom stereocenters. The van der Waals surface area contributed by atoms with Crippen LogP contribution in [0.5, 0.6) is 11.5 Å². The molecule has 0 saturated heterocycles. The Labute approximate surface area is 171 Å². The third-order valence-electron chi connectivity index (χ3n) is 4.12. The van der Waals surface area contributed by atoms with Gasteiger partial charge < -0.3 is 14.8 Å². The first kappa shape index (κ1) is 18.6. The van der Waals surface area contributed by atoms with Crippen LogP contribution in [-0.4, -0.2) is 28.7 Å². The lowest BCUT2D eigenvalue weighted by Crippen LogP contribution is -2.14. The van der Waals surface area contributed by atoms with E-state index in [1.54, 1.807) is 6.07 Å². The SMILES string of the molecule is Cc1ccc(NC(=O)CSc2ccc(-c3ccc4c(c3)OCO4)nn2)cc1Cl. The number of aryl methyl sites for hydroxylation is 1. The molecule has 1 amide bonds. The first-order valence-corrected chi connectivity index (χ1v) is 9.87. The number of aromatic nitrogens is 2. The second kappa shape index (κ2) is 8.08. The number of benzene rings is 2. The normalized spacial score (nSPS) is 12.1. The predicted octanol–water partition coefficient (Wildman–Crippen LogP) is 4.56. The van der Waals surface area contributed by atoms with E-state index in [-0.39, 0.29) is 18.5 Å². The Hall–Kier alpha value is -2.77. The van der Waals surface area contributed by atoms with Crippen LogP contribution >= 0.6 is 23.4 Å². The molecule has 142 valence electrons. The molecule has 0 spiro atoms. The number of halogens is 1. The molecule has 1 aliphatic rings. The largest absolute Gasteiger partial charge is 0.454 e. The number of rotatable bonds is 5. The standard InChI is InChI=1S/C20H16ClN3O3S/c1-12-2-4-14(9-15(12)21)22-19(25)10-28-20-7-5-16(23-24-20)13-3-6-17-18(8-13)27-11-26-17/h2-9H,10-11H2,1H3,(H,22,25). The number of carbonyl (C=O) groups is 1. The molecule has 2 aromatic carbocycles. The molecule has 1 N–H and O–H groups in total. The lowest BCUT2D eigenvalue weighted by Gasteiger charge is -2.07. The van der Waals surface area contributed by atoms with E-state index < -0.39 is 0 Å². The lowest BCUT2D eigenvalue weighted by atomic mass is 10.1. The molecule has 0 unspecified atom stereocenters. The minimum atomic E-state index is -0.133. The Morgan fingerprint density at radius 2 is 1.96 bits per heavy atom. The van der Waals surface area contributed by atoms with Crippen LogP contribution in [0.15, 0.2) is 53.6 Å². The van der Waals surface area contributed by atoms with Crippen LogP contribution in [0.25, 0.3) is 11.3 Å². The van der Waals surface area contributed by atoms with Gasteiger partial charge in [-0.25, -0.2) is 0 Å². The molecule has 2 heterocycles.